The Labute approximate surface area is 82.7 Å². The number of nitrogens with zero attached hydrogens (tertiary/aromatic N) is 1. The third-order valence-electron chi connectivity index (χ3n) is 1.68. The van der Waals surface area contributed by atoms with Crippen LogP contribution in [0.1, 0.15) is 5.56 Å². The lowest BCUT2D eigenvalue weighted by Gasteiger charge is -2.01. The predicted octanol–water partition coefficient (Wildman–Crippen LogP) is 1.82. The monoisotopic (exact) mass is 195 g/mol. The molecule has 1 heterocycles. The quantitative estimate of drug-likeness (QED) is 0.664. The van der Waals surface area contributed by atoms with Crippen LogP contribution < -0.4 is 11.2 Å². The molecule has 0 aromatic heterocycles. The molecule has 0 bridgehead atoms. The predicted molar refractivity (Wildman–Crippen MR) is 58.0 cm³/mol. The van der Waals surface area contributed by atoms with E-state index in [1.807, 2.05) is 30.3 Å². The molecule has 13 heavy (non-hydrogen) atoms. The SMILES string of the molecule is Cl.NC1=Cc2ccccc2NN=C1. The van der Waals surface area contributed by atoms with Crippen molar-refractivity contribution in [2.24, 2.45) is 10.8 Å². The summed E-state index contributed by atoms with van der Waals surface area (Å²) in [7, 11) is 0. The molecule has 0 radical (unpaired) electrons. The van der Waals surface area contributed by atoms with Gasteiger partial charge in [-0.05, 0) is 12.1 Å². The van der Waals surface area contributed by atoms with Crippen LogP contribution in [0.25, 0.3) is 6.08 Å². The van der Waals surface area contributed by atoms with E-state index in [1.165, 1.54) is 0 Å². The van der Waals surface area contributed by atoms with Crippen LogP contribution in [0.2, 0.25) is 0 Å². The largest absolute Gasteiger partial charge is 0.397 e. The zero-order valence-corrected chi connectivity index (χ0v) is 7.71. The minimum absolute atomic E-state index is 0. The first kappa shape index (κ1) is 9.61. The van der Waals surface area contributed by atoms with Crippen molar-refractivity contribution in [2.75, 3.05) is 5.43 Å². The summed E-state index contributed by atoms with van der Waals surface area (Å²) in [5.41, 5.74) is 11.2. The molecular weight excluding hydrogens is 186 g/mol. The molecule has 2 rings (SSSR count). The highest BCUT2D eigenvalue weighted by atomic mass is 35.5. The molecule has 4 heteroatoms. The van der Waals surface area contributed by atoms with Crippen LogP contribution in [0.15, 0.2) is 35.1 Å². The van der Waals surface area contributed by atoms with Crippen LogP contribution in [0.3, 0.4) is 0 Å². The van der Waals surface area contributed by atoms with Crippen molar-refractivity contribution in [1.82, 2.24) is 0 Å². The van der Waals surface area contributed by atoms with Gasteiger partial charge >= 0.3 is 0 Å². The maximum absolute atomic E-state index is 5.62. The molecule has 1 aliphatic heterocycles. The van der Waals surface area contributed by atoms with E-state index in [9.17, 15) is 0 Å². The van der Waals surface area contributed by atoms with Crippen LogP contribution in [-0.2, 0) is 0 Å². The molecular formula is C9H10ClN3. The second-order valence-electron chi connectivity index (χ2n) is 2.60. The Morgan fingerprint density at radius 3 is 2.85 bits per heavy atom. The molecule has 1 aliphatic rings. The van der Waals surface area contributed by atoms with Crippen molar-refractivity contribution in [3.05, 3.63) is 35.5 Å². The Bertz CT molecular complexity index is 358. The van der Waals surface area contributed by atoms with Gasteiger partial charge in [0.25, 0.3) is 0 Å². The molecule has 0 unspecified atom stereocenters. The van der Waals surface area contributed by atoms with E-state index in [4.69, 9.17) is 5.73 Å². The van der Waals surface area contributed by atoms with Crippen LogP contribution >= 0.6 is 12.4 Å². The standard InChI is InChI=1S/C9H9N3.ClH/c10-8-5-7-3-1-2-4-9(7)12-11-6-8;/h1-6,12H,10H2;1H. The topological polar surface area (TPSA) is 50.4 Å². The van der Waals surface area contributed by atoms with Crippen molar-refractivity contribution in [3.63, 3.8) is 0 Å². The summed E-state index contributed by atoms with van der Waals surface area (Å²) in [5, 5.41) is 3.92. The van der Waals surface area contributed by atoms with Gasteiger partial charge in [0.1, 0.15) is 0 Å². The molecule has 0 saturated heterocycles. The maximum Gasteiger partial charge on any atom is 0.0702 e. The van der Waals surface area contributed by atoms with Gasteiger partial charge in [-0.25, -0.2) is 0 Å². The normalized spacial score (nSPS) is 13.1. The summed E-state index contributed by atoms with van der Waals surface area (Å²) in [4.78, 5) is 0. The van der Waals surface area contributed by atoms with E-state index in [0.717, 1.165) is 11.3 Å². The first-order chi connectivity index (χ1) is 5.86. The molecule has 0 spiro atoms. The first-order valence-electron chi connectivity index (χ1n) is 3.71. The number of hydrazone groups is 1. The minimum atomic E-state index is 0. The van der Waals surface area contributed by atoms with Crippen molar-refractivity contribution >= 4 is 30.4 Å². The number of benzene rings is 1. The lowest BCUT2D eigenvalue weighted by molar-refractivity contribution is 1.35. The van der Waals surface area contributed by atoms with Crippen molar-refractivity contribution in [1.29, 1.82) is 0 Å². The summed E-state index contributed by atoms with van der Waals surface area (Å²) < 4.78 is 0. The summed E-state index contributed by atoms with van der Waals surface area (Å²) >= 11 is 0. The molecule has 1 aromatic carbocycles. The minimum Gasteiger partial charge on any atom is -0.397 e. The van der Waals surface area contributed by atoms with Crippen molar-refractivity contribution in [2.45, 2.75) is 0 Å². The number of anilines is 1. The smallest absolute Gasteiger partial charge is 0.0702 e. The highest BCUT2D eigenvalue weighted by Gasteiger charge is 2.00. The summed E-state index contributed by atoms with van der Waals surface area (Å²) in [6, 6.07) is 7.87. The Hall–Kier alpha value is -1.48. The van der Waals surface area contributed by atoms with Gasteiger partial charge in [0.15, 0.2) is 0 Å². The molecule has 0 atom stereocenters. The number of hydrogen-bond acceptors (Lipinski definition) is 3. The Morgan fingerprint density at radius 1 is 1.23 bits per heavy atom. The number of allylic oxidation sites excluding steroid dienone is 1. The van der Waals surface area contributed by atoms with Crippen LogP contribution in [0.5, 0.6) is 0 Å². The van der Waals surface area contributed by atoms with Crippen molar-refractivity contribution in [3.8, 4) is 0 Å². The van der Waals surface area contributed by atoms with E-state index in [0.29, 0.717) is 5.70 Å². The maximum atomic E-state index is 5.62. The Balaban J connectivity index is 0.000000845. The second-order valence-corrected chi connectivity index (χ2v) is 2.60. The molecule has 0 saturated carbocycles. The summed E-state index contributed by atoms with van der Waals surface area (Å²) in [5.74, 6) is 0. The first-order valence-corrected chi connectivity index (χ1v) is 3.71. The number of para-hydroxylation sites is 1. The van der Waals surface area contributed by atoms with Gasteiger partial charge in [0.05, 0.1) is 17.6 Å². The van der Waals surface area contributed by atoms with Gasteiger partial charge in [-0.15, -0.1) is 12.4 Å². The fraction of sp³-hybridized carbons (Fsp3) is 0. The van der Waals surface area contributed by atoms with Crippen LogP contribution in [-0.4, -0.2) is 6.21 Å². The van der Waals surface area contributed by atoms with Gasteiger partial charge in [-0.3, -0.25) is 5.43 Å². The van der Waals surface area contributed by atoms with E-state index in [1.54, 1.807) is 6.21 Å². The van der Waals surface area contributed by atoms with E-state index in [2.05, 4.69) is 10.5 Å². The summed E-state index contributed by atoms with van der Waals surface area (Å²) in [6.45, 7) is 0. The molecule has 0 fully saturated rings. The number of halogens is 1. The van der Waals surface area contributed by atoms with Gasteiger partial charge in [-0.1, -0.05) is 18.2 Å². The number of nitrogens with two attached hydrogens (primary N) is 1. The summed E-state index contributed by atoms with van der Waals surface area (Å²) in [6.07, 6.45) is 3.48. The molecule has 0 aliphatic carbocycles. The Kier molecular flexibility index (Phi) is 2.93. The van der Waals surface area contributed by atoms with E-state index in [-0.39, 0.29) is 12.4 Å². The number of rotatable bonds is 0. The van der Waals surface area contributed by atoms with Crippen molar-refractivity contribution < 1.29 is 0 Å². The fourth-order valence-corrected chi connectivity index (χ4v) is 1.12. The van der Waals surface area contributed by atoms with Crippen LogP contribution in [0, 0.1) is 0 Å². The fourth-order valence-electron chi connectivity index (χ4n) is 1.12. The number of fused-ring (bicyclic) bond motifs is 1. The molecule has 3 N–H and O–H groups in total. The lowest BCUT2D eigenvalue weighted by Crippen LogP contribution is -1.96. The lowest BCUT2D eigenvalue weighted by atomic mass is 10.1. The van der Waals surface area contributed by atoms with Crippen LogP contribution in [0.4, 0.5) is 5.69 Å². The number of hydrogen-bond donors (Lipinski definition) is 2. The highest BCUT2D eigenvalue weighted by molar-refractivity contribution is 5.88. The molecule has 68 valence electrons. The van der Waals surface area contributed by atoms with Gasteiger partial charge < -0.3 is 5.73 Å². The average Bonchev–Trinajstić information content (AvgIpc) is 2.25. The third kappa shape index (κ3) is 2.00. The Morgan fingerprint density at radius 2 is 2.00 bits per heavy atom. The number of nitrogens with one attached hydrogen (secondary N) is 1. The second kappa shape index (κ2) is 3.96. The van der Waals surface area contributed by atoms with E-state index >= 15 is 0 Å². The van der Waals surface area contributed by atoms with E-state index < -0.39 is 0 Å². The highest BCUT2D eigenvalue weighted by Crippen LogP contribution is 2.18. The zero-order valence-electron chi connectivity index (χ0n) is 6.90. The third-order valence-corrected chi connectivity index (χ3v) is 1.68. The molecule has 0 amide bonds. The molecule has 3 nitrogen and oxygen atoms in total. The average molecular weight is 196 g/mol. The molecule has 1 aromatic rings. The van der Waals surface area contributed by atoms with Gasteiger partial charge in [-0.2, -0.15) is 5.10 Å². The van der Waals surface area contributed by atoms with Gasteiger partial charge in [0, 0.05) is 5.56 Å². The zero-order chi connectivity index (χ0) is 8.39. The van der Waals surface area contributed by atoms with Gasteiger partial charge in [0.2, 0.25) is 0 Å².